The first-order chi connectivity index (χ1) is 12.2. The molecule has 6 nitrogen and oxygen atoms in total. The predicted molar refractivity (Wildman–Crippen MR) is 92.9 cm³/mol. The number of nitrogens with one attached hydrogen (secondary N) is 1. The van der Waals surface area contributed by atoms with Crippen LogP contribution in [0.2, 0.25) is 0 Å². The minimum absolute atomic E-state index is 0.0988. The lowest BCUT2D eigenvalue weighted by atomic mass is 10.2. The Morgan fingerprint density at radius 1 is 1.24 bits per heavy atom. The predicted octanol–water partition coefficient (Wildman–Crippen LogP) is 2.30. The lowest BCUT2D eigenvalue weighted by Crippen LogP contribution is -2.27. The van der Waals surface area contributed by atoms with Gasteiger partial charge in [-0.25, -0.2) is 0 Å². The molecule has 1 heterocycles. The maximum Gasteiger partial charge on any atom is 0.246 e. The minimum atomic E-state index is -0.0988. The monoisotopic (exact) mass is 349 g/mol. The number of carbonyl (C=O) groups is 1. The lowest BCUT2D eigenvalue weighted by Gasteiger charge is -2.15. The molecule has 1 aromatic rings. The first-order valence-electron chi connectivity index (χ1n) is 9.00. The van der Waals surface area contributed by atoms with Crippen molar-refractivity contribution in [2.75, 3.05) is 33.5 Å². The summed E-state index contributed by atoms with van der Waals surface area (Å²) in [4.78, 5) is 11.8. The van der Waals surface area contributed by atoms with Crippen molar-refractivity contribution in [1.82, 2.24) is 5.32 Å². The Morgan fingerprint density at radius 3 is 2.84 bits per heavy atom. The van der Waals surface area contributed by atoms with Crippen LogP contribution in [0.4, 0.5) is 0 Å². The first-order valence-corrected chi connectivity index (χ1v) is 9.00. The highest BCUT2D eigenvalue weighted by Gasteiger charge is 2.21. The van der Waals surface area contributed by atoms with E-state index in [2.05, 4.69) is 5.32 Å². The highest BCUT2D eigenvalue weighted by molar-refractivity contribution is 5.77. The van der Waals surface area contributed by atoms with Crippen molar-refractivity contribution in [3.8, 4) is 11.5 Å². The number of hydrogen-bond donors (Lipinski definition) is 1. The Kier molecular flexibility index (Phi) is 6.53. The van der Waals surface area contributed by atoms with Crippen LogP contribution in [-0.4, -0.2) is 45.5 Å². The van der Waals surface area contributed by atoms with Gasteiger partial charge < -0.3 is 24.3 Å². The molecule has 1 saturated carbocycles. The third kappa shape index (κ3) is 5.90. The van der Waals surface area contributed by atoms with Crippen LogP contribution in [0.5, 0.6) is 11.5 Å². The Labute approximate surface area is 148 Å². The summed E-state index contributed by atoms with van der Waals surface area (Å²) in [5.74, 6) is 1.92. The molecule has 6 heteroatoms. The third-order valence-electron chi connectivity index (χ3n) is 4.45. The second-order valence-electron chi connectivity index (χ2n) is 6.67. The molecule has 0 bridgehead atoms. The van der Waals surface area contributed by atoms with E-state index in [-0.39, 0.29) is 18.6 Å². The van der Waals surface area contributed by atoms with Crippen LogP contribution >= 0.6 is 0 Å². The normalized spacial score (nSPS) is 19.6. The fraction of sp³-hybridized carbons (Fsp3) is 0.632. The van der Waals surface area contributed by atoms with Gasteiger partial charge >= 0.3 is 0 Å². The number of ether oxygens (including phenoxy) is 4. The van der Waals surface area contributed by atoms with Crippen molar-refractivity contribution in [2.24, 2.45) is 5.92 Å². The van der Waals surface area contributed by atoms with Gasteiger partial charge in [0.15, 0.2) is 11.5 Å². The van der Waals surface area contributed by atoms with E-state index in [9.17, 15) is 4.79 Å². The molecule has 1 saturated heterocycles. The average molecular weight is 349 g/mol. The Balaban J connectivity index is 1.43. The summed E-state index contributed by atoms with van der Waals surface area (Å²) in [7, 11) is 1.61. The van der Waals surface area contributed by atoms with Gasteiger partial charge in [-0.3, -0.25) is 4.79 Å². The van der Waals surface area contributed by atoms with Gasteiger partial charge in [0.25, 0.3) is 0 Å². The molecular formula is C19H27NO5. The molecule has 1 amide bonds. The van der Waals surface area contributed by atoms with E-state index >= 15 is 0 Å². The van der Waals surface area contributed by atoms with E-state index in [0.29, 0.717) is 37.2 Å². The molecule has 0 spiro atoms. The van der Waals surface area contributed by atoms with E-state index in [1.807, 2.05) is 18.2 Å². The van der Waals surface area contributed by atoms with Crippen LogP contribution in [-0.2, 0) is 20.8 Å². The van der Waals surface area contributed by atoms with Crippen molar-refractivity contribution < 1.29 is 23.7 Å². The summed E-state index contributed by atoms with van der Waals surface area (Å²) in [6, 6.07) is 5.69. The molecule has 1 atom stereocenters. The molecule has 3 rings (SSSR count). The van der Waals surface area contributed by atoms with Crippen LogP contribution in [0.25, 0.3) is 0 Å². The molecule has 138 valence electrons. The molecule has 1 aliphatic carbocycles. The van der Waals surface area contributed by atoms with Crippen LogP contribution < -0.4 is 14.8 Å². The van der Waals surface area contributed by atoms with Gasteiger partial charge in [0.1, 0.15) is 13.2 Å². The van der Waals surface area contributed by atoms with E-state index in [0.717, 1.165) is 25.0 Å². The van der Waals surface area contributed by atoms with Gasteiger partial charge in [0, 0.05) is 13.2 Å². The Hall–Kier alpha value is -1.79. The van der Waals surface area contributed by atoms with Gasteiger partial charge in [-0.2, -0.15) is 0 Å². The summed E-state index contributed by atoms with van der Waals surface area (Å²) >= 11 is 0. The van der Waals surface area contributed by atoms with E-state index in [4.69, 9.17) is 18.9 Å². The number of methoxy groups -OCH3 is 1. The maximum absolute atomic E-state index is 11.8. The molecule has 1 aliphatic heterocycles. The summed E-state index contributed by atoms with van der Waals surface area (Å²) < 4.78 is 22.2. The van der Waals surface area contributed by atoms with Gasteiger partial charge in [-0.05, 0) is 49.3 Å². The smallest absolute Gasteiger partial charge is 0.246 e. The zero-order chi connectivity index (χ0) is 17.5. The largest absolute Gasteiger partial charge is 0.493 e. The first kappa shape index (κ1) is 18.0. The molecule has 25 heavy (non-hydrogen) atoms. The second kappa shape index (κ2) is 9.06. The number of carbonyl (C=O) groups excluding carboxylic acids is 1. The highest BCUT2D eigenvalue weighted by atomic mass is 16.5. The number of benzene rings is 1. The lowest BCUT2D eigenvalue weighted by molar-refractivity contribution is -0.126. The second-order valence-corrected chi connectivity index (χ2v) is 6.67. The van der Waals surface area contributed by atoms with Crippen molar-refractivity contribution in [2.45, 2.75) is 38.3 Å². The molecule has 0 aromatic heterocycles. The molecule has 2 fully saturated rings. The van der Waals surface area contributed by atoms with Crippen molar-refractivity contribution in [3.63, 3.8) is 0 Å². The summed E-state index contributed by atoms with van der Waals surface area (Å²) in [6.07, 6.45) is 4.74. The fourth-order valence-electron chi connectivity index (χ4n) is 2.75. The van der Waals surface area contributed by atoms with Crippen molar-refractivity contribution in [1.29, 1.82) is 0 Å². The minimum Gasteiger partial charge on any atom is -0.493 e. The Bertz CT molecular complexity index is 567. The van der Waals surface area contributed by atoms with Crippen LogP contribution in [0, 0.1) is 5.92 Å². The molecule has 2 aliphatic rings. The molecule has 1 unspecified atom stereocenters. The highest BCUT2D eigenvalue weighted by Crippen LogP contribution is 2.29. The SMILES string of the molecule is COc1cc(CNC(=O)COCC2CC2)ccc1OCC1CCCO1. The standard InChI is InChI=1S/C19H27NO5/c1-22-18-9-15(10-20-19(21)13-23-11-14-4-5-14)6-7-17(18)25-12-16-3-2-8-24-16/h6-7,9,14,16H,2-5,8,10-13H2,1H3,(H,20,21). The third-order valence-corrected chi connectivity index (χ3v) is 4.45. The van der Waals surface area contributed by atoms with Crippen LogP contribution in [0.1, 0.15) is 31.2 Å². The van der Waals surface area contributed by atoms with Gasteiger partial charge in [-0.15, -0.1) is 0 Å². The number of rotatable bonds is 10. The number of hydrogen-bond acceptors (Lipinski definition) is 5. The van der Waals surface area contributed by atoms with Gasteiger partial charge in [-0.1, -0.05) is 6.07 Å². The van der Waals surface area contributed by atoms with E-state index in [1.54, 1.807) is 7.11 Å². The Morgan fingerprint density at radius 2 is 2.12 bits per heavy atom. The van der Waals surface area contributed by atoms with E-state index < -0.39 is 0 Å². The molecule has 1 N–H and O–H groups in total. The quantitative estimate of drug-likeness (QED) is 0.702. The molecule has 1 aromatic carbocycles. The van der Waals surface area contributed by atoms with E-state index in [1.165, 1.54) is 12.8 Å². The van der Waals surface area contributed by atoms with Crippen molar-refractivity contribution in [3.05, 3.63) is 23.8 Å². The summed E-state index contributed by atoms with van der Waals surface area (Å²) in [5.41, 5.74) is 0.955. The molecule has 0 radical (unpaired) electrons. The molecular weight excluding hydrogens is 322 g/mol. The van der Waals surface area contributed by atoms with Crippen LogP contribution in [0.15, 0.2) is 18.2 Å². The summed E-state index contributed by atoms with van der Waals surface area (Å²) in [6.45, 7) is 2.60. The number of amides is 1. The maximum atomic E-state index is 11.8. The fourth-order valence-corrected chi connectivity index (χ4v) is 2.75. The summed E-state index contributed by atoms with van der Waals surface area (Å²) in [5, 5.41) is 2.86. The van der Waals surface area contributed by atoms with Gasteiger partial charge in [0.05, 0.1) is 19.8 Å². The zero-order valence-electron chi connectivity index (χ0n) is 14.8. The average Bonchev–Trinajstić information content (AvgIpc) is 3.30. The topological polar surface area (TPSA) is 66.0 Å². The van der Waals surface area contributed by atoms with Gasteiger partial charge in [0.2, 0.25) is 5.91 Å². The van der Waals surface area contributed by atoms with Crippen molar-refractivity contribution >= 4 is 5.91 Å². The van der Waals surface area contributed by atoms with Crippen LogP contribution in [0.3, 0.4) is 0 Å². The zero-order valence-corrected chi connectivity index (χ0v) is 14.8.